The van der Waals surface area contributed by atoms with Gasteiger partial charge in [0, 0.05) is 30.7 Å². The summed E-state index contributed by atoms with van der Waals surface area (Å²) in [5.74, 6) is 0.684. The van der Waals surface area contributed by atoms with Crippen LogP contribution in [0.25, 0.3) is 0 Å². The highest BCUT2D eigenvalue weighted by Crippen LogP contribution is 2.24. The molecule has 3 heteroatoms. The Morgan fingerprint density at radius 3 is 2.84 bits per heavy atom. The molecule has 0 bridgehead atoms. The minimum atomic E-state index is 0.652. The van der Waals surface area contributed by atoms with Gasteiger partial charge in [-0.25, -0.2) is 0 Å². The molecule has 1 atom stereocenters. The number of halogens is 1. The van der Waals surface area contributed by atoms with E-state index in [1.165, 1.54) is 17.5 Å². The van der Waals surface area contributed by atoms with Crippen LogP contribution < -0.4 is 5.32 Å². The smallest absolute Gasteiger partial charge is 0.0480 e. The van der Waals surface area contributed by atoms with Crippen molar-refractivity contribution < 1.29 is 0 Å². The molecule has 1 heterocycles. The molecule has 1 aromatic rings. The van der Waals surface area contributed by atoms with Crippen molar-refractivity contribution in [1.82, 2.24) is 10.2 Å². The van der Waals surface area contributed by atoms with Gasteiger partial charge in [-0.05, 0) is 36.9 Å². The predicted octanol–water partition coefficient (Wildman–Crippen LogP) is 3.47. The van der Waals surface area contributed by atoms with Crippen LogP contribution in [0.1, 0.15) is 31.4 Å². The van der Waals surface area contributed by atoms with Crippen molar-refractivity contribution in [3.63, 3.8) is 0 Å². The topological polar surface area (TPSA) is 15.3 Å². The number of nitrogens with zero attached hydrogens (tertiary/aromatic N) is 1. The van der Waals surface area contributed by atoms with Gasteiger partial charge in [0.15, 0.2) is 0 Å². The van der Waals surface area contributed by atoms with Crippen LogP contribution in [0.3, 0.4) is 0 Å². The Kier molecular flexibility index (Phi) is 5.26. The highest BCUT2D eigenvalue weighted by atomic mass is 35.5. The highest BCUT2D eigenvalue weighted by molar-refractivity contribution is 6.32. The first-order chi connectivity index (χ1) is 9.08. The second-order valence-corrected chi connectivity index (χ2v) is 6.40. The number of hydrogen-bond donors (Lipinski definition) is 1. The van der Waals surface area contributed by atoms with Gasteiger partial charge in [-0.15, -0.1) is 0 Å². The summed E-state index contributed by atoms with van der Waals surface area (Å²) in [4.78, 5) is 2.59. The Hall–Kier alpha value is -0.570. The molecule has 19 heavy (non-hydrogen) atoms. The third-order valence-corrected chi connectivity index (χ3v) is 4.34. The second-order valence-electron chi connectivity index (χ2n) is 6.02. The van der Waals surface area contributed by atoms with Crippen LogP contribution >= 0.6 is 11.6 Å². The fourth-order valence-corrected chi connectivity index (χ4v) is 3.00. The summed E-state index contributed by atoms with van der Waals surface area (Å²) in [5.41, 5.74) is 2.43. The molecule has 1 aliphatic heterocycles. The largest absolute Gasteiger partial charge is 0.315 e. The molecular formula is C16H25ClN2. The highest BCUT2D eigenvalue weighted by Gasteiger charge is 2.23. The molecule has 0 spiro atoms. The van der Waals surface area contributed by atoms with Gasteiger partial charge in [0.05, 0.1) is 0 Å². The lowest BCUT2D eigenvalue weighted by Crippen LogP contribution is -2.38. The fraction of sp³-hybridized carbons (Fsp3) is 0.625. The average molecular weight is 281 g/mol. The Bertz CT molecular complexity index is 411. The van der Waals surface area contributed by atoms with Crippen molar-refractivity contribution in [2.75, 3.05) is 19.6 Å². The third-order valence-electron chi connectivity index (χ3n) is 3.80. The zero-order valence-electron chi connectivity index (χ0n) is 12.2. The van der Waals surface area contributed by atoms with E-state index in [1.54, 1.807) is 0 Å². The maximum Gasteiger partial charge on any atom is 0.0480 e. The first-order valence-electron chi connectivity index (χ1n) is 7.26. The van der Waals surface area contributed by atoms with Crippen LogP contribution in [0, 0.1) is 12.8 Å². The lowest BCUT2D eigenvalue weighted by Gasteiger charge is -2.30. The lowest BCUT2D eigenvalue weighted by molar-refractivity contribution is 0.177. The van der Waals surface area contributed by atoms with Crippen LogP contribution in [0.5, 0.6) is 0 Å². The number of nitrogens with one attached hydrogen (secondary N) is 1. The average Bonchev–Trinajstić information content (AvgIpc) is 2.87. The van der Waals surface area contributed by atoms with Crippen LogP contribution in [-0.4, -0.2) is 30.6 Å². The van der Waals surface area contributed by atoms with Crippen molar-refractivity contribution in [1.29, 1.82) is 0 Å². The van der Waals surface area contributed by atoms with Crippen LogP contribution in [0.15, 0.2) is 18.2 Å². The third kappa shape index (κ3) is 3.95. The van der Waals surface area contributed by atoms with Crippen LogP contribution in [0.2, 0.25) is 5.02 Å². The van der Waals surface area contributed by atoms with E-state index in [9.17, 15) is 0 Å². The molecule has 1 saturated heterocycles. The van der Waals surface area contributed by atoms with Crippen molar-refractivity contribution in [2.45, 2.75) is 39.8 Å². The molecule has 106 valence electrons. The van der Waals surface area contributed by atoms with Gasteiger partial charge in [-0.3, -0.25) is 4.90 Å². The van der Waals surface area contributed by atoms with E-state index in [0.717, 1.165) is 31.2 Å². The summed E-state index contributed by atoms with van der Waals surface area (Å²) >= 11 is 6.44. The molecule has 0 amide bonds. The zero-order chi connectivity index (χ0) is 13.8. The van der Waals surface area contributed by atoms with E-state index in [4.69, 9.17) is 11.6 Å². The molecule has 0 saturated carbocycles. The van der Waals surface area contributed by atoms with Gasteiger partial charge in [0.25, 0.3) is 0 Å². The van der Waals surface area contributed by atoms with E-state index in [1.807, 2.05) is 0 Å². The Morgan fingerprint density at radius 2 is 2.21 bits per heavy atom. The van der Waals surface area contributed by atoms with Crippen molar-refractivity contribution in [3.8, 4) is 0 Å². The molecule has 1 fully saturated rings. The summed E-state index contributed by atoms with van der Waals surface area (Å²) < 4.78 is 0. The minimum absolute atomic E-state index is 0.652. The summed E-state index contributed by atoms with van der Waals surface area (Å²) in [7, 11) is 0. The Labute approximate surface area is 122 Å². The van der Waals surface area contributed by atoms with Gasteiger partial charge in [-0.1, -0.05) is 43.6 Å². The minimum Gasteiger partial charge on any atom is -0.315 e. The van der Waals surface area contributed by atoms with E-state index in [2.05, 4.69) is 49.2 Å². The number of aryl methyl sites for hydroxylation is 1. The summed E-state index contributed by atoms with van der Waals surface area (Å²) in [6.07, 6.45) is 1.25. The predicted molar refractivity (Wildman–Crippen MR) is 82.7 cm³/mol. The number of hydrogen-bond acceptors (Lipinski definition) is 2. The van der Waals surface area contributed by atoms with Crippen molar-refractivity contribution >= 4 is 11.6 Å². The fourth-order valence-electron chi connectivity index (χ4n) is 2.81. The van der Waals surface area contributed by atoms with E-state index in [-0.39, 0.29) is 0 Å². The van der Waals surface area contributed by atoms with Crippen LogP contribution in [-0.2, 0) is 6.54 Å². The monoisotopic (exact) mass is 280 g/mol. The Balaban J connectivity index is 2.12. The molecule has 1 N–H and O–H groups in total. The van der Waals surface area contributed by atoms with E-state index >= 15 is 0 Å². The SMILES string of the molecule is Cc1cccc(CN(CC(C)C)[C@H]2CCNC2)c1Cl. The zero-order valence-corrected chi connectivity index (χ0v) is 13.0. The van der Waals surface area contributed by atoms with Crippen molar-refractivity contribution in [3.05, 3.63) is 34.3 Å². The molecule has 1 aliphatic rings. The van der Waals surface area contributed by atoms with Crippen LogP contribution in [0.4, 0.5) is 0 Å². The molecule has 0 radical (unpaired) electrons. The second kappa shape index (κ2) is 6.74. The summed E-state index contributed by atoms with van der Waals surface area (Å²) in [6.45, 7) is 11.0. The molecule has 2 rings (SSSR count). The molecule has 0 aliphatic carbocycles. The normalized spacial score (nSPS) is 19.6. The van der Waals surface area contributed by atoms with E-state index in [0.29, 0.717) is 12.0 Å². The van der Waals surface area contributed by atoms with Gasteiger partial charge < -0.3 is 5.32 Å². The quantitative estimate of drug-likeness (QED) is 0.888. The van der Waals surface area contributed by atoms with E-state index < -0.39 is 0 Å². The molecule has 2 nitrogen and oxygen atoms in total. The summed E-state index contributed by atoms with van der Waals surface area (Å²) in [5, 5.41) is 4.40. The number of rotatable bonds is 5. The van der Waals surface area contributed by atoms with Gasteiger partial charge >= 0.3 is 0 Å². The van der Waals surface area contributed by atoms with Crippen molar-refractivity contribution in [2.24, 2.45) is 5.92 Å². The summed E-state index contributed by atoms with van der Waals surface area (Å²) in [6, 6.07) is 7.00. The molecule has 1 aromatic carbocycles. The lowest BCUT2D eigenvalue weighted by atomic mass is 10.1. The molecule has 0 aromatic heterocycles. The maximum atomic E-state index is 6.44. The van der Waals surface area contributed by atoms with Gasteiger partial charge in [0.2, 0.25) is 0 Å². The first kappa shape index (κ1) is 14.8. The van der Waals surface area contributed by atoms with Gasteiger partial charge in [-0.2, -0.15) is 0 Å². The first-order valence-corrected chi connectivity index (χ1v) is 7.64. The molecule has 0 unspecified atom stereocenters. The molecular weight excluding hydrogens is 256 g/mol. The number of benzene rings is 1. The Morgan fingerprint density at radius 1 is 1.42 bits per heavy atom. The standard InChI is InChI=1S/C16H25ClN2/c1-12(2)10-19(15-7-8-18-9-15)11-14-6-4-5-13(3)16(14)17/h4-6,12,15,18H,7-11H2,1-3H3/t15-/m0/s1. The van der Waals surface area contributed by atoms with Gasteiger partial charge in [0.1, 0.15) is 0 Å². The maximum absolute atomic E-state index is 6.44.